The minimum Gasteiger partial charge on any atom is -0.438 e. The number of nitrogens with two attached hydrogens (primary N) is 1. The first-order valence-electron chi connectivity index (χ1n) is 6.80. The molecule has 0 radical (unpaired) electrons. The fraction of sp³-hybridized carbons (Fsp3) is 0.312. The van der Waals surface area contributed by atoms with Crippen molar-refractivity contribution in [3.8, 4) is 17.7 Å². The number of nitriles is 1. The number of nitrogen functional groups attached to an aromatic ring is 1. The second-order valence-corrected chi connectivity index (χ2v) is 4.77. The van der Waals surface area contributed by atoms with Gasteiger partial charge in [-0.1, -0.05) is 31.5 Å². The fourth-order valence-corrected chi connectivity index (χ4v) is 2.07. The van der Waals surface area contributed by atoms with Crippen LogP contribution >= 0.6 is 0 Å². The lowest BCUT2D eigenvalue weighted by Gasteiger charge is -2.13. The van der Waals surface area contributed by atoms with Gasteiger partial charge in [0.1, 0.15) is 17.5 Å². The van der Waals surface area contributed by atoms with Crippen molar-refractivity contribution in [1.29, 1.82) is 5.26 Å². The van der Waals surface area contributed by atoms with Crippen molar-refractivity contribution in [2.45, 2.75) is 33.2 Å². The van der Waals surface area contributed by atoms with Crippen LogP contribution in [0.3, 0.4) is 0 Å². The van der Waals surface area contributed by atoms with Gasteiger partial charge in [0, 0.05) is 12.6 Å². The summed E-state index contributed by atoms with van der Waals surface area (Å²) in [7, 11) is 0. The lowest BCUT2D eigenvalue weighted by Crippen LogP contribution is -2.04. The molecule has 0 atom stereocenters. The first kappa shape index (κ1) is 14.0. The van der Waals surface area contributed by atoms with Gasteiger partial charge in [-0.25, -0.2) is 0 Å². The van der Waals surface area contributed by atoms with E-state index in [0.717, 1.165) is 30.7 Å². The van der Waals surface area contributed by atoms with E-state index in [-0.39, 0.29) is 0 Å². The number of hydrogen-bond donors (Lipinski definition) is 1. The molecule has 0 fully saturated rings. The number of unbranched alkanes of at least 4 members (excludes halogenated alkanes) is 1. The van der Waals surface area contributed by atoms with Crippen LogP contribution in [-0.4, -0.2) is 4.57 Å². The van der Waals surface area contributed by atoms with Gasteiger partial charge in [-0.3, -0.25) is 0 Å². The van der Waals surface area contributed by atoms with E-state index in [1.807, 2.05) is 35.8 Å². The number of rotatable bonds is 5. The zero-order valence-corrected chi connectivity index (χ0v) is 11.9. The summed E-state index contributed by atoms with van der Waals surface area (Å²) in [5.74, 6) is 1.32. The van der Waals surface area contributed by atoms with Gasteiger partial charge in [0.2, 0.25) is 5.88 Å². The molecule has 20 heavy (non-hydrogen) atoms. The van der Waals surface area contributed by atoms with Crippen molar-refractivity contribution in [2.24, 2.45) is 0 Å². The standard InChI is InChI=1S/C16H19N3O/c1-3-4-9-19-13(11-17)10-14(18)16(19)20-15-8-6-5-7-12(15)2/h5-8,10H,3-4,9,18H2,1-2H3. The number of anilines is 1. The molecule has 1 aromatic heterocycles. The van der Waals surface area contributed by atoms with Gasteiger partial charge in [-0.05, 0) is 25.0 Å². The Hall–Kier alpha value is -2.41. The van der Waals surface area contributed by atoms with Crippen molar-refractivity contribution in [1.82, 2.24) is 4.57 Å². The highest BCUT2D eigenvalue weighted by molar-refractivity contribution is 5.56. The molecule has 0 bridgehead atoms. The first-order valence-corrected chi connectivity index (χ1v) is 6.80. The minimum atomic E-state index is 0.501. The molecule has 2 N–H and O–H groups in total. The molecule has 1 aromatic carbocycles. The molecular weight excluding hydrogens is 250 g/mol. The van der Waals surface area contributed by atoms with E-state index in [1.165, 1.54) is 0 Å². The van der Waals surface area contributed by atoms with E-state index in [2.05, 4.69) is 13.0 Å². The first-order chi connectivity index (χ1) is 9.67. The topological polar surface area (TPSA) is 64.0 Å². The van der Waals surface area contributed by atoms with Gasteiger partial charge < -0.3 is 15.0 Å². The van der Waals surface area contributed by atoms with Crippen LogP contribution in [0.5, 0.6) is 11.6 Å². The van der Waals surface area contributed by atoms with Crippen LogP contribution in [0, 0.1) is 18.3 Å². The van der Waals surface area contributed by atoms with Crippen molar-refractivity contribution in [2.75, 3.05) is 5.73 Å². The Morgan fingerprint density at radius 3 is 2.75 bits per heavy atom. The zero-order valence-electron chi connectivity index (χ0n) is 11.9. The highest BCUT2D eigenvalue weighted by Crippen LogP contribution is 2.32. The van der Waals surface area contributed by atoms with Gasteiger partial charge in [0.15, 0.2) is 0 Å². The van der Waals surface area contributed by atoms with E-state index in [4.69, 9.17) is 10.5 Å². The average molecular weight is 269 g/mol. The molecule has 1 heterocycles. The lowest BCUT2D eigenvalue weighted by molar-refractivity contribution is 0.422. The number of benzene rings is 1. The number of aryl methyl sites for hydroxylation is 1. The molecule has 0 spiro atoms. The molecule has 4 nitrogen and oxygen atoms in total. The summed E-state index contributed by atoms with van der Waals surface area (Å²) in [5, 5.41) is 9.19. The normalized spacial score (nSPS) is 10.2. The van der Waals surface area contributed by atoms with Gasteiger partial charge in [0.05, 0.1) is 5.69 Å². The second-order valence-electron chi connectivity index (χ2n) is 4.77. The summed E-state index contributed by atoms with van der Waals surface area (Å²) in [4.78, 5) is 0. The van der Waals surface area contributed by atoms with Crippen LogP contribution in [0.1, 0.15) is 31.0 Å². The van der Waals surface area contributed by atoms with Crippen molar-refractivity contribution in [3.63, 3.8) is 0 Å². The molecule has 2 aromatic rings. The number of aromatic nitrogens is 1. The van der Waals surface area contributed by atoms with Gasteiger partial charge >= 0.3 is 0 Å². The molecule has 0 amide bonds. The summed E-state index contributed by atoms with van der Waals surface area (Å²) < 4.78 is 7.79. The smallest absolute Gasteiger partial charge is 0.224 e. The van der Waals surface area contributed by atoms with Gasteiger partial charge in [-0.2, -0.15) is 5.26 Å². The Balaban J connectivity index is 2.38. The molecule has 2 rings (SSSR count). The molecule has 104 valence electrons. The predicted octanol–water partition coefficient (Wildman–Crippen LogP) is 3.84. The predicted molar refractivity (Wildman–Crippen MR) is 79.7 cm³/mol. The highest BCUT2D eigenvalue weighted by atomic mass is 16.5. The van der Waals surface area contributed by atoms with Crippen molar-refractivity contribution in [3.05, 3.63) is 41.6 Å². The maximum atomic E-state index is 9.19. The van der Waals surface area contributed by atoms with E-state index in [1.54, 1.807) is 6.07 Å². The molecule has 0 saturated heterocycles. The number of nitrogens with zero attached hydrogens (tertiary/aromatic N) is 2. The highest BCUT2D eigenvalue weighted by Gasteiger charge is 2.15. The Bertz CT molecular complexity index is 638. The summed E-state index contributed by atoms with van der Waals surface area (Å²) >= 11 is 0. The van der Waals surface area contributed by atoms with E-state index >= 15 is 0 Å². The van der Waals surface area contributed by atoms with E-state index in [9.17, 15) is 5.26 Å². The van der Waals surface area contributed by atoms with E-state index in [0.29, 0.717) is 17.3 Å². The Labute approximate surface area is 119 Å². The van der Waals surface area contributed by atoms with Crippen molar-refractivity contribution < 1.29 is 4.74 Å². The lowest BCUT2D eigenvalue weighted by atomic mass is 10.2. The largest absolute Gasteiger partial charge is 0.438 e. The quantitative estimate of drug-likeness (QED) is 0.896. The molecule has 0 aliphatic carbocycles. The SMILES string of the molecule is CCCCn1c(C#N)cc(N)c1Oc1ccccc1C. The van der Waals surface area contributed by atoms with Crippen LogP contribution in [-0.2, 0) is 6.54 Å². The van der Waals surface area contributed by atoms with Crippen LogP contribution in [0.2, 0.25) is 0 Å². The summed E-state index contributed by atoms with van der Waals surface area (Å²) in [6.07, 6.45) is 2.03. The van der Waals surface area contributed by atoms with Crippen LogP contribution in [0.15, 0.2) is 30.3 Å². The van der Waals surface area contributed by atoms with Crippen molar-refractivity contribution >= 4 is 5.69 Å². The third-order valence-corrected chi connectivity index (χ3v) is 3.23. The van der Waals surface area contributed by atoms with Crippen LogP contribution < -0.4 is 10.5 Å². The monoisotopic (exact) mass is 269 g/mol. The van der Waals surface area contributed by atoms with Crippen LogP contribution in [0.4, 0.5) is 5.69 Å². The number of para-hydroxylation sites is 1. The molecule has 0 saturated carbocycles. The van der Waals surface area contributed by atoms with Gasteiger partial charge in [-0.15, -0.1) is 0 Å². The number of ether oxygens (including phenoxy) is 1. The third-order valence-electron chi connectivity index (χ3n) is 3.23. The Morgan fingerprint density at radius 2 is 2.10 bits per heavy atom. The molecule has 0 aliphatic rings. The Morgan fingerprint density at radius 1 is 1.35 bits per heavy atom. The number of hydrogen-bond acceptors (Lipinski definition) is 3. The van der Waals surface area contributed by atoms with E-state index < -0.39 is 0 Å². The van der Waals surface area contributed by atoms with Crippen LogP contribution in [0.25, 0.3) is 0 Å². The molecule has 4 heteroatoms. The molecule has 0 unspecified atom stereocenters. The summed E-state index contributed by atoms with van der Waals surface area (Å²) in [5.41, 5.74) is 8.07. The minimum absolute atomic E-state index is 0.501. The molecule has 0 aliphatic heterocycles. The third kappa shape index (κ3) is 2.77. The van der Waals surface area contributed by atoms with Gasteiger partial charge in [0.25, 0.3) is 0 Å². The Kier molecular flexibility index (Phi) is 4.31. The maximum absolute atomic E-state index is 9.19. The zero-order chi connectivity index (χ0) is 14.5. The maximum Gasteiger partial charge on any atom is 0.224 e. The second kappa shape index (κ2) is 6.16. The summed E-state index contributed by atoms with van der Waals surface area (Å²) in [6.45, 7) is 4.83. The fourth-order valence-electron chi connectivity index (χ4n) is 2.07. The average Bonchev–Trinajstić information content (AvgIpc) is 2.75. The summed E-state index contributed by atoms with van der Waals surface area (Å²) in [6, 6.07) is 11.6. The molecular formula is C16H19N3O.